The molecule has 0 aromatic carbocycles. The predicted molar refractivity (Wildman–Crippen MR) is 89.2 cm³/mol. The van der Waals surface area contributed by atoms with Crippen molar-refractivity contribution in [3.05, 3.63) is 0 Å². The van der Waals surface area contributed by atoms with E-state index in [-0.39, 0.29) is 23.5 Å². The summed E-state index contributed by atoms with van der Waals surface area (Å²) in [5.41, 5.74) is 0. The van der Waals surface area contributed by atoms with E-state index in [4.69, 9.17) is 4.74 Å². The summed E-state index contributed by atoms with van der Waals surface area (Å²) in [5, 5.41) is 11.2. The number of carbonyl (C=O) groups excluding carboxylic acids is 2. The van der Waals surface area contributed by atoms with Gasteiger partial charge in [-0.2, -0.15) is 0 Å². The molecule has 1 atom stereocenters. The number of unbranched alkanes of at least 4 members (excludes halogenated alkanes) is 1. The van der Waals surface area contributed by atoms with Gasteiger partial charge >= 0.3 is 5.97 Å². The zero-order valence-corrected chi connectivity index (χ0v) is 14.9. The second-order valence-electron chi connectivity index (χ2n) is 4.70. The highest BCUT2D eigenvalue weighted by Crippen LogP contribution is 2.26. The topological polar surface area (TPSA) is 81.2 Å². The highest BCUT2D eigenvalue weighted by Gasteiger charge is 2.18. The molecule has 1 heterocycles. The van der Waals surface area contributed by atoms with Crippen molar-refractivity contribution >= 4 is 40.1 Å². The van der Waals surface area contributed by atoms with Gasteiger partial charge in [0.1, 0.15) is 0 Å². The quantitative estimate of drug-likeness (QED) is 0.398. The number of thioether (sulfide) groups is 1. The second-order valence-corrected chi connectivity index (χ2v) is 6.90. The van der Waals surface area contributed by atoms with Crippen LogP contribution in [0, 0.1) is 5.92 Å². The van der Waals surface area contributed by atoms with Gasteiger partial charge < -0.3 is 10.1 Å². The monoisotopic (exact) mass is 345 g/mol. The molecule has 22 heavy (non-hydrogen) atoms. The Labute approximate surface area is 139 Å². The van der Waals surface area contributed by atoms with Crippen molar-refractivity contribution in [3.8, 4) is 0 Å². The van der Waals surface area contributed by atoms with Crippen LogP contribution < -0.4 is 5.32 Å². The molecule has 1 rings (SSSR count). The van der Waals surface area contributed by atoms with Crippen LogP contribution in [0.2, 0.25) is 0 Å². The van der Waals surface area contributed by atoms with E-state index in [1.807, 2.05) is 6.92 Å². The van der Waals surface area contributed by atoms with Crippen molar-refractivity contribution in [1.82, 2.24) is 10.2 Å². The first kappa shape index (κ1) is 18.9. The van der Waals surface area contributed by atoms with E-state index in [1.165, 1.54) is 23.1 Å². The number of nitrogens with one attached hydrogen (secondary N) is 1. The van der Waals surface area contributed by atoms with Crippen molar-refractivity contribution in [2.75, 3.05) is 17.7 Å². The van der Waals surface area contributed by atoms with Gasteiger partial charge in [0.05, 0.1) is 12.4 Å². The van der Waals surface area contributed by atoms with Gasteiger partial charge in [0.25, 0.3) is 0 Å². The molecule has 8 heteroatoms. The molecule has 124 valence electrons. The first-order chi connectivity index (χ1) is 10.6. The lowest BCUT2D eigenvalue weighted by molar-refractivity contribution is -0.139. The summed E-state index contributed by atoms with van der Waals surface area (Å²) in [6.45, 7) is 6.26. The van der Waals surface area contributed by atoms with Crippen molar-refractivity contribution in [3.63, 3.8) is 0 Å². The number of rotatable bonds is 10. The number of nitrogens with zero attached hydrogens (tertiary/aromatic N) is 2. The van der Waals surface area contributed by atoms with Crippen LogP contribution >= 0.6 is 23.1 Å². The van der Waals surface area contributed by atoms with E-state index in [2.05, 4.69) is 22.4 Å². The molecule has 6 nitrogen and oxygen atoms in total. The van der Waals surface area contributed by atoms with E-state index in [0.29, 0.717) is 16.1 Å². The van der Waals surface area contributed by atoms with E-state index >= 15 is 0 Å². The number of ether oxygens (including phenoxy) is 1. The Morgan fingerprint density at radius 1 is 1.32 bits per heavy atom. The summed E-state index contributed by atoms with van der Waals surface area (Å²) in [4.78, 5) is 23.4. The Kier molecular flexibility index (Phi) is 9.07. The average Bonchev–Trinajstić information content (AvgIpc) is 2.94. The van der Waals surface area contributed by atoms with Crippen LogP contribution in [0.3, 0.4) is 0 Å². The fraction of sp³-hybridized carbons (Fsp3) is 0.714. The average molecular weight is 345 g/mol. The summed E-state index contributed by atoms with van der Waals surface area (Å²) in [6, 6.07) is 0. The molecule has 1 aromatic heterocycles. The van der Waals surface area contributed by atoms with Crippen LogP contribution in [0.1, 0.15) is 46.5 Å². The first-order valence-electron chi connectivity index (χ1n) is 7.53. The van der Waals surface area contributed by atoms with Gasteiger partial charge in [0, 0.05) is 5.92 Å². The number of carbonyl (C=O) groups is 2. The molecular formula is C14H23N3O3S2. The molecule has 0 aliphatic carbocycles. The number of anilines is 1. The van der Waals surface area contributed by atoms with Gasteiger partial charge in [0.15, 0.2) is 4.34 Å². The fourth-order valence-electron chi connectivity index (χ4n) is 1.82. The lowest BCUT2D eigenvalue weighted by Gasteiger charge is -2.12. The first-order valence-corrected chi connectivity index (χ1v) is 9.33. The molecule has 0 radical (unpaired) electrons. The molecule has 0 spiro atoms. The minimum absolute atomic E-state index is 0.00552. The third-order valence-electron chi connectivity index (χ3n) is 3.03. The van der Waals surface area contributed by atoms with Crippen molar-refractivity contribution in [2.45, 2.75) is 50.8 Å². The van der Waals surface area contributed by atoms with E-state index in [0.717, 1.165) is 25.7 Å². The lowest BCUT2D eigenvalue weighted by atomic mass is 9.99. The smallest absolute Gasteiger partial charge is 0.316 e. The SMILES string of the molecule is CCCC[C@@H](CC)C(=O)Nc1nnc(SCC(=O)OCC)s1. The standard InChI is InChI=1S/C14H23N3O3S2/c1-4-7-8-10(5-2)12(19)15-13-16-17-14(22-13)21-9-11(18)20-6-3/h10H,4-9H2,1-3H3,(H,15,16,19)/t10-/m1/s1. The highest BCUT2D eigenvalue weighted by atomic mass is 32.2. The van der Waals surface area contributed by atoms with Crippen LogP contribution in [0.4, 0.5) is 5.13 Å². The molecule has 0 unspecified atom stereocenters. The highest BCUT2D eigenvalue weighted by molar-refractivity contribution is 8.01. The third-order valence-corrected chi connectivity index (χ3v) is 4.97. The largest absolute Gasteiger partial charge is 0.465 e. The van der Waals surface area contributed by atoms with Gasteiger partial charge in [-0.1, -0.05) is 49.8 Å². The Bertz CT molecular complexity index is 480. The van der Waals surface area contributed by atoms with E-state index in [9.17, 15) is 9.59 Å². The van der Waals surface area contributed by atoms with Gasteiger partial charge in [-0.25, -0.2) is 0 Å². The number of hydrogen-bond acceptors (Lipinski definition) is 7. The van der Waals surface area contributed by atoms with Gasteiger partial charge in [-0.15, -0.1) is 10.2 Å². The van der Waals surface area contributed by atoms with Crippen LogP contribution in [0.15, 0.2) is 4.34 Å². The zero-order chi connectivity index (χ0) is 16.4. The van der Waals surface area contributed by atoms with Crippen molar-refractivity contribution < 1.29 is 14.3 Å². The zero-order valence-electron chi connectivity index (χ0n) is 13.3. The molecule has 0 bridgehead atoms. The fourth-order valence-corrected chi connectivity index (χ4v) is 3.37. The Morgan fingerprint density at radius 3 is 2.73 bits per heavy atom. The molecule has 0 aliphatic heterocycles. The molecule has 1 N–H and O–H groups in total. The lowest BCUT2D eigenvalue weighted by Crippen LogP contribution is -2.22. The predicted octanol–water partition coefficient (Wildman–Crippen LogP) is 3.35. The van der Waals surface area contributed by atoms with Crippen molar-refractivity contribution in [2.24, 2.45) is 5.92 Å². The maximum absolute atomic E-state index is 12.2. The second kappa shape index (κ2) is 10.6. The minimum atomic E-state index is -0.279. The Hall–Kier alpha value is -1.15. The Balaban J connectivity index is 2.46. The van der Waals surface area contributed by atoms with Gasteiger partial charge in [0.2, 0.25) is 11.0 Å². The van der Waals surface area contributed by atoms with Crippen molar-refractivity contribution in [1.29, 1.82) is 0 Å². The molecule has 0 saturated carbocycles. The summed E-state index contributed by atoms with van der Waals surface area (Å²) in [5.74, 6) is -0.0720. The minimum Gasteiger partial charge on any atom is -0.465 e. The van der Waals surface area contributed by atoms with Crippen LogP contribution in [0.5, 0.6) is 0 Å². The molecule has 0 aliphatic rings. The summed E-state index contributed by atoms with van der Waals surface area (Å²) < 4.78 is 5.49. The molecular weight excluding hydrogens is 322 g/mol. The summed E-state index contributed by atoms with van der Waals surface area (Å²) >= 11 is 2.54. The Morgan fingerprint density at radius 2 is 2.09 bits per heavy atom. The van der Waals surface area contributed by atoms with Crippen LogP contribution in [-0.2, 0) is 14.3 Å². The number of amides is 1. The summed E-state index contributed by atoms with van der Waals surface area (Å²) in [6.07, 6.45) is 3.83. The molecule has 0 saturated heterocycles. The normalized spacial score (nSPS) is 12.0. The molecule has 1 aromatic rings. The maximum atomic E-state index is 12.2. The molecule has 0 fully saturated rings. The van der Waals surface area contributed by atoms with E-state index < -0.39 is 0 Å². The number of hydrogen-bond donors (Lipinski definition) is 1. The molecule has 1 amide bonds. The van der Waals surface area contributed by atoms with Crippen LogP contribution in [-0.4, -0.2) is 34.4 Å². The van der Waals surface area contributed by atoms with Crippen LogP contribution in [0.25, 0.3) is 0 Å². The number of esters is 1. The van der Waals surface area contributed by atoms with Gasteiger partial charge in [-0.05, 0) is 19.8 Å². The van der Waals surface area contributed by atoms with E-state index in [1.54, 1.807) is 6.92 Å². The number of aromatic nitrogens is 2. The maximum Gasteiger partial charge on any atom is 0.316 e. The third kappa shape index (κ3) is 6.74. The summed E-state index contributed by atoms with van der Waals surface area (Å²) in [7, 11) is 0. The van der Waals surface area contributed by atoms with Gasteiger partial charge in [-0.3, -0.25) is 9.59 Å².